The van der Waals surface area contributed by atoms with Gasteiger partial charge in [-0.15, -0.1) is 0 Å². The second-order valence-electron chi connectivity index (χ2n) is 8.21. The van der Waals surface area contributed by atoms with Crippen molar-refractivity contribution in [3.05, 3.63) is 27.7 Å². The number of benzene rings is 1. The van der Waals surface area contributed by atoms with Gasteiger partial charge in [0.2, 0.25) is 11.8 Å². The van der Waals surface area contributed by atoms with Gasteiger partial charge >= 0.3 is 5.97 Å². The summed E-state index contributed by atoms with van der Waals surface area (Å²) in [6.45, 7) is 3.77. The molecule has 3 amide bonds. The average molecular weight is 516 g/mol. The van der Waals surface area contributed by atoms with E-state index in [-0.39, 0.29) is 33.8 Å². The largest absolute Gasteiger partial charge is 0.494 e. The zero-order valence-corrected chi connectivity index (χ0v) is 20.5. The molecule has 0 radical (unpaired) electrons. The summed E-state index contributed by atoms with van der Waals surface area (Å²) in [7, 11) is 1.39. The number of carbonyl (C=O) groups is 5. The molecule has 1 heterocycles. The van der Waals surface area contributed by atoms with E-state index in [2.05, 4.69) is 10.6 Å². The average Bonchev–Trinajstić information content (AvgIpc) is 3.25. The van der Waals surface area contributed by atoms with E-state index in [1.54, 1.807) is 13.8 Å². The lowest BCUT2D eigenvalue weighted by Crippen LogP contribution is -2.56. The molecule has 0 spiro atoms. The Morgan fingerprint density at radius 1 is 1.21 bits per heavy atom. The highest BCUT2D eigenvalue weighted by molar-refractivity contribution is 6.37. The predicted molar refractivity (Wildman–Crippen MR) is 124 cm³/mol. The van der Waals surface area contributed by atoms with Gasteiger partial charge in [-0.05, 0) is 30.9 Å². The molecule has 1 fully saturated rings. The zero-order chi connectivity index (χ0) is 25.6. The molecule has 1 aliphatic rings. The minimum atomic E-state index is -1.24. The number of nitrogens with zero attached hydrogens (tertiary/aromatic N) is 1. The Morgan fingerprint density at radius 2 is 1.82 bits per heavy atom. The Kier molecular flexibility index (Phi) is 9.69. The Labute approximate surface area is 206 Å². The van der Waals surface area contributed by atoms with E-state index in [9.17, 15) is 24.0 Å². The number of carbonyl (C=O) groups excluding carboxylic acids is 4. The standard InChI is InChI=1S/C22H27Cl2N3O7/c1-11(2)18(26-20(31)12-7-14(23)19(34-3)15(24)8-12)22(33)27-6-4-5-16(27)21(32)25-13(10-28)9-17(29)30/h7-8,10-11,13,16,18H,4-6,9H2,1-3H3,(H,25,32)(H,26,31)(H,29,30)/t13?,16-,18?/m0/s1. The van der Waals surface area contributed by atoms with Crippen molar-refractivity contribution in [2.45, 2.75) is 51.2 Å². The number of aliphatic carboxylic acids is 1. The maximum atomic E-state index is 13.3. The molecule has 3 N–H and O–H groups in total. The Morgan fingerprint density at radius 3 is 2.32 bits per heavy atom. The van der Waals surface area contributed by atoms with Crippen molar-refractivity contribution in [1.82, 2.24) is 15.5 Å². The first-order chi connectivity index (χ1) is 16.0. The molecule has 1 aromatic rings. The van der Waals surface area contributed by atoms with Crippen LogP contribution in [0.15, 0.2) is 12.1 Å². The number of ether oxygens (including phenoxy) is 1. The van der Waals surface area contributed by atoms with Crippen LogP contribution in [-0.2, 0) is 19.2 Å². The third-order valence-electron chi connectivity index (χ3n) is 5.41. The van der Waals surface area contributed by atoms with Gasteiger partial charge in [0.15, 0.2) is 5.75 Å². The van der Waals surface area contributed by atoms with E-state index in [0.29, 0.717) is 19.1 Å². The summed E-state index contributed by atoms with van der Waals surface area (Å²) < 4.78 is 5.08. The zero-order valence-electron chi connectivity index (χ0n) is 19.0. The quantitative estimate of drug-likeness (QED) is 0.404. The summed E-state index contributed by atoms with van der Waals surface area (Å²) in [6, 6.07) is -0.296. The number of hydrogen-bond donors (Lipinski definition) is 3. The fraction of sp³-hybridized carbons (Fsp3) is 0.500. The number of rotatable bonds is 10. The van der Waals surface area contributed by atoms with Crippen molar-refractivity contribution in [3.63, 3.8) is 0 Å². The fourth-order valence-corrected chi connectivity index (χ4v) is 4.35. The van der Waals surface area contributed by atoms with Gasteiger partial charge < -0.3 is 30.2 Å². The van der Waals surface area contributed by atoms with Crippen molar-refractivity contribution in [1.29, 1.82) is 0 Å². The smallest absolute Gasteiger partial charge is 0.305 e. The van der Waals surface area contributed by atoms with Crippen molar-refractivity contribution < 1.29 is 33.8 Å². The van der Waals surface area contributed by atoms with Crippen LogP contribution in [0, 0.1) is 5.92 Å². The lowest BCUT2D eigenvalue weighted by Gasteiger charge is -2.31. The predicted octanol–water partition coefficient (Wildman–Crippen LogP) is 1.91. The maximum absolute atomic E-state index is 13.3. The van der Waals surface area contributed by atoms with Crippen LogP contribution in [0.4, 0.5) is 0 Å². The number of carboxylic acids is 1. The first-order valence-corrected chi connectivity index (χ1v) is 11.4. The Balaban J connectivity index is 2.18. The minimum absolute atomic E-state index is 0.132. The summed E-state index contributed by atoms with van der Waals surface area (Å²) in [6.07, 6.45) is 0.665. The van der Waals surface area contributed by atoms with Gasteiger partial charge in [-0.2, -0.15) is 0 Å². The monoisotopic (exact) mass is 515 g/mol. The summed E-state index contributed by atoms with van der Waals surface area (Å²) in [4.78, 5) is 62.2. The van der Waals surface area contributed by atoms with E-state index in [0.717, 1.165) is 0 Å². The second kappa shape index (κ2) is 12.0. The number of aldehydes is 1. The SMILES string of the molecule is COc1c(Cl)cc(C(=O)NC(C(=O)N2CCC[C@H]2C(=O)NC(C=O)CC(=O)O)C(C)C)cc1Cl. The van der Waals surface area contributed by atoms with E-state index in [4.69, 9.17) is 33.0 Å². The lowest BCUT2D eigenvalue weighted by atomic mass is 10.0. The molecule has 0 bridgehead atoms. The van der Waals surface area contributed by atoms with Crippen LogP contribution in [-0.4, -0.2) is 71.8 Å². The van der Waals surface area contributed by atoms with Crippen LogP contribution in [0.5, 0.6) is 5.75 Å². The number of methoxy groups -OCH3 is 1. The van der Waals surface area contributed by atoms with Crippen LogP contribution in [0.25, 0.3) is 0 Å². The molecule has 0 aromatic heterocycles. The van der Waals surface area contributed by atoms with E-state index in [1.807, 2.05) is 0 Å². The van der Waals surface area contributed by atoms with Gasteiger partial charge in [-0.3, -0.25) is 19.2 Å². The highest BCUT2D eigenvalue weighted by Crippen LogP contribution is 2.34. The Hall–Kier alpha value is -2.85. The second-order valence-corrected chi connectivity index (χ2v) is 9.02. The summed E-state index contributed by atoms with van der Waals surface area (Å²) in [5, 5.41) is 14.2. The normalized spacial score (nSPS) is 17.1. The summed E-state index contributed by atoms with van der Waals surface area (Å²) in [5.74, 6) is -3.00. The number of nitrogens with one attached hydrogen (secondary N) is 2. The molecule has 0 saturated carbocycles. The van der Waals surface area contributed by atoms with Crippen LogP contribution in [0.1, 0.15) is 43.5 Å². The number of carboxylic acid groups (broad SMARTS) is 1. The molecular weight excluding hydrogens is 489 g/mol. The molecule has 2 unspecified atom stereocenters. The van der Waals surface area contributed by atoms with Crippen molar-refractivity contribution in [2.75, 3.05) is 13.7 Å². The van der Waals surface area contributed by atoms with Gasteiger partial charge in [-0.1, -0.05) is 37.0 Å². The highest BCUT2D eigenvalue weighted by Gasteiger charge is 2.39. The van der Waals surface area contributed by atoms with Crippen molar-refractivity contribution in [3.8, 4) is 5.75 Å². The van der Waals surface area contributed by atoms with Crippen LogP contribution >= 0.6 is 23.2 Å². The molecular formula is C22H27Cl2N3O7. The summed E-state index contributed by atoms with van der Waals surface area (Å²) >= 11 is 12.2. The molecule has 186 valence electrons. The molecule has 12 heteroatoms. The fourth-order valence-electron chi connectivity index (χ4n) is 3.71. The van der Waals surface area contributed by atoms with Crippen LogP contribution < -0.4 is 15.4 Å². The molecule has 1 aliphatic heterocycles. The maximum Gasteiger partial charge on any atom is 0.305 e. The summed E-state index contributed by atoms with van der Waals surface area (Å²) in [5.41, 5.74) is 0.132. The first kappa shape index (κ1) is 27.4. The van der Waals surface area contributed by atoms with Gasteiger partial charge in [-0.25, -0.2) is 0 Å². The van der Waals surface area contributed by atoms with Gasteiger partial charge in [0, 0.05) is 12.1 Å². The van der Waals surface area contributed by atoms with Gasteiger partial charge in [0.25, 0.3) is 5.91 Å². The third-order valence-corrected chi connectivity index (χ3v) is 5.97. The van der Waals surface area contributed by atoms with Gasteiger partial charge in [0.1, 0.15) is 18.4 Å². The number of halogens is 2. The van der Waals surface area contributed by atoms with E-state index < -0.39 is 48.2 Å². The molecule has 34 heavy (non-hydrogen) atoms. The minimum Gasteiger partial charge on any atom is -0.494 e. The molecule has 3 atom stereocenters. The Bertz CT molecular complexity index is 947. The topological polar surface area (TPSA) is 142 Å². The lowest BCUT2D eigenvalue weighted by molar-refractivity contribution is -0.142. The first-order valence-electron chi connectivity index (χ1n) is 10.6. The van der Waals surface area contributed by atoms with Crippen LogP contribution in [0.2, 0.25) is 10.0 Å². The number of amides is 3. The van der Waals surface area contributed by atoms with Gasteiger partial charge in [0.05, 0.1) is 29.6 Å². The van der Waals surface area contributed by atoms with E-state index in [1.165, 1.54) is 24.1 Å². The molecule has 1 saturated heterocycles. The number of hydrogen-bond acceptors (Lipinski definition) is 6. The molecule has 1 aromatic carbocycles. The van der Waals surface area contributed by atoms with Crippen molar-refractivity contribution >= 4 is 53.2 Å². The van der Waals surface area contributed by atoms with Crippen molar-refractivity contribution in [2.24, 2.45) is 5.92 Å². The van der Waals surface area contributed by atoms with Crippen LogP contribution in [0.3, 0.4) is 0 Å². The highest BCUT2D eigenvalue weighted by atomic mass is 35.5. The van der Waals surface area contributed by atoms with E-state index >= 15 is 0 Å². The third kappa shape index (κ3) is 6.60. The molecule has 0 aliphatic carbocycles. The number of likely N-dealkylation sites (tertiary alicyclic amines) is 1. The molecule has 2 rings (SSSR count). The molecule has 10 nitrogen and oxygen atoms in total.